The summed E-state index contributed by atoms with van der Waals surface area (Å²) in [6, 6.07) is 3.75. The number of benzene rings is 1. The maximum Gasteiger partial charge on any atom is 0.342 e. The molecular formula is C14H16N2O6. The summed E-state index contributed by atoms with van der Waals surface area (Å²) in [7, 11) is 1.33. The highest BCUT2D eigenvalue weighted by molar-refractivity contribution is 5.95. The summed E-state index contributed by atoms with van der Waals surface area (Å²) in [5, 5.41) is 13.5. The minimum Gasteiger partial charge on any atom is -0.496 e. The standard InChI is InChI=1S/C14H16N2O6/c1-8(13(17)15-9-3-4-9)22-14(18)11-7-10(16(19)20)5-6-12(11)21-2/h5-9H,3-4H2,1-2H3,(H,15,17)/t8-/m1/s1. The van der Waals surface area contributed by atoms with Crippen molar-refractivity contribution in [1.82, 2.24) is 5.32 Å². The molecule has 0 aromatic heterocycles. The number of carbonyl (C=O) groups excluding carboxylic acids is 2. The Balaban J connectivity index is 2.11. The van der Waals surface area contributed by atoms with Gasteiger partial charge in [0.2, 0.25) is 0 Å². The van der Waals surface area contributed by atoms with E-state index in [4.69, 9.17) is 9.47 Å². The average molecular weight is 308 g/mol. The van der Waals surface area contributed by atoms with Gasteiger partial charge in [0.25, 0.3) is 11.6 Å². The summed E-state index contributed by atoms with van der Waals surface area (Å²) in [6.45, 7) is 1.44. The van der Waals surface area contributed by atoms with Crippen LogP contribution in [0, 0.1) is 10.1 Å². The molecule has 1 N–H and O–H groups in total. The number of methoxy groups -OCH3 is 1. The van der Waals surface area contributed by atoms with E-state index in [9.17, 15) is 19.7 Å². The van der Waals surface area contributed by atoms with Crippen molar-refractivity contribution in [3.63, 3.8) is 0 Å². The van der Waals surface area contributed by atoms with Gasteiger partial charge in [0.1, 0.15) is 11.3 Å². The molecule has 22 heavy (non-hydrogen) atoms. The molecule has 8 heteroatoms. The second-order valence-corrected chi connectivity index (χ2v) is 4.97. The Hall–Kier alpha value is -2.64. The number of hydrogen-bond acceptors (Lipinski definition) is 6. The summed E-state index contributed by atoms with van der Waals surface area (Å²) >= 11 is 0. The molecule has 0 saturated heterocycles. The van der Waals surface area contributed by atoms with Crippen LogP contribution in [0.15, 0.2) is 18.2 Å². The van der Waals surface area contributed by atoms with Crippen molar-refractivity contribution in [2.45, 2.75) is 31.9 Å². The first-order valence-electron chi connectivity index (χ1n) is 6.76. The first-order chi connectivity index (χ1) is 10.4. The van der Waals surface area contributed by atoms with E-state index in [2.05, 4.69) is 5.32 Å². The van der Waals surface area contributed by atoms with Crippen LogP contribution in [0.3, 0.4) is 0 Å². The Morgan fingerprint density at radius 3 is 2.64 bits per heavy atom. The number of nitro groups is 1. The Morgan fingerprint density at radius 2 is 2.09 bits per heavy atom. The minimum absolute atomic E-state index is 0.0947. The van der Waals surface area contributed by atoms with Gasteiger partial charge in [-0.1, -0.05) is 0 Å². The van der Waals surface area contributed by atoms with Crippen LogP contribution in [0.1, 0.15) is 30.1 Å². The van der Waals surface area contributed by atoms with Gasteiger partial charge in [-0.2, -0.15) is 0 Å². The van der Waals surface area contributed by atoms with Crippen molar-refractivity contribution in [3.05, 3.63) is 33.9 Å². The SMILES string of the molecule is COc1ccc([N+](=O)[O-])cc1C(=O)O[C@H](C)C(=O)NC1CC1. The lowest BCUT2D eigenvalue weighted by Crippen LogP contribution is -2.37. The summed E-state index contributed by atoms with van der Waals surface area (Å²) < 4.78 is 10.0. The number of amides is 1. The van der Waals surface area contributed by atoms with Crippen LogP contribution in [0.2, 0.25) is 0 Å². The number of rotatable bonds is 6. The zero-order valence-electron chi connectivity index (χ0n) is 12.2. The second kappa shape index (κ2) is 6.42. The molecule has 1 aromatic rings. The van der Waals surface area contributed by atoms with Crippen molar-refractivity contribution < 1.29 is 24.0 Å². The molecule has 0 heterocycles. The van der Waals surface area contributed by atoms with Gasteiger partial charge < -0.3 is 14.8 Å². The molecule has 0 radical (unpaired) electrons. The average Bonchev–Trinajstić information content (AvgIpc) is 3.30. The summed E-state index contributed by atoms with van der Waals surface area (Å²) in [4.78, 5) is 34.0. The molecule has 8 nitrogen and oxygen atoms in total. The van der Waals surface area contributed by atoms with Crippen LogP contribution in [0.5, 0.6) is 5.75 Å². The molecule has 118 valence electrons. The lowest BCUT2D eigenvalue weighted by atomic mass is 10.1. The summed E-state index contributed by atoms with van der Waals surface area (Å²) in [5.74, 6) is -1.09. The van der Waals surface area contributed by atoms with Crippen molar-refractivity contribution >= 4 is 17.6 Å². The predicted molar refractivity (Wildman–Crippen MR) is 75.7 cm³/mol. The Morgan fingerprint density at radius 1 is 1.41 bits per heavy atom. The summed E-state index contributed by atoms with van der Waals surface area (Å²) in [6.07, 6.45) is 0.855. The first-order valence-corrected chi connectivity index (χ1v) is 6.76. The van der Waals surface area contributed by atoms with E-state index in [1.165, 1.54) is 26.2 Å². The van der Waals surface area contributed by atoms with E-state index in [1.807, 2.05) is 0 Å². The molecule has 0 aliphatic heterocycles. The van der Waals surface area contributed by atoms with Crippen molar-refractivity contribution in [2.24, 2.45) is 0 Å². The Kier molecular flexibility index (Phi) is 4.59. The first kappa shape index (κ1) is 15.7. The molecule has 1 atom stereocenters. The van der Waals surface area contributed by atoms with Gasteiger partial charge in [-0.3, -0.25) is 14.9 Å². The summed E-state index contributed by atoms with van der Waals surface area (Å²) in [5.41, 5.74) is -0.356. The fourth-order valence-electron chi connectivity index (χ4n) is 1.79. The molecule has 1 amide bonds. The molecule has 1 saturated carbocycles. The predicted octanol–water partition coefficient (Wildman–Crippen LogP) is 1.43. The van der Waals surface area contributed by atoms with Crippen LogP contribution in [-0.2, 0) is 9.53 Å². The number of nitrogens with zero attached hydrogens (tertiary/aromatic N) is 1. The molecule has 1 aliphatic rings. The molecule has 1 aliphatic carbocycles. The van der Waals surface area contributed by atoms with E-state index in [1.54, 1.807) is 0 Å². The molecule has 2 rings (SSSR count). The van der Waals surface area contributed by atoms with Crippen molar-refractivity contribution in [1.29, 1.82) is 0 Å². The number of esters is 1. The lowest BCUT2D eigenvalue weighted by molar-refractivity contribution is -0.384. The van der Waals surface area contributed by atoms with Gasteiger partial charge in [0.05, 0.1) is 12.0 Å². The molecule has 1 aromatic carbocycles. The number of non-ortho nitro benzene ring substituents is 1. The van der Waals surface area contributed by atoms with E-state index in [-0.39, 0.29) is 28.9 Å². The van der Waals surface area contributed by atoms with Gasteiger partial charge in [-0.15, -0.1) is 0 Å². The van der Waals surface area contributed by atoms with Gasteiger partial charge in [0.15, 0.2) is 6.10 Å². The van der Waals surface area contributed by atoms with Crippen molar-refractivity contribution in [3.8, 4) is 5.75 Å². The minimum atomic E-state index is -0.989. The maximum absolute atomic E-state index is 12.1. The molecule has 0 bridgehead atoms. The maximum atomic E-state index is 12.1. The van der Waals surface area contributed by atoms with Gasteiger partial charge >= 0.3 is 5.97 Å². The quantitative estimate of drug-likeness (QED) is 0.484. The van der Waals surface area contributed by atoms with Crippen LogP contribution in [0.4, 0.5) is 5.69 Å². The third kappa shape index (κ3) is 3.72. The zero-order valence-corrected chi connectivity index (χ0v) is 12.2. The fraction of sp³-hybridized carbons (Fsp3) is 0.429. The third-order valence-electron chi connectivity index (χ3n) is 3.19. The van der Waals surface area contributed by atoms with E-state index in [0.29, 0.717) is 0 Å². The van der Waals surface area contributed by atoms with Gasteiger partial charge in [-0.05, 0) is 25.8 Å². The van der Waals surface area contributed by atoms with Crippen LogP contribution in [-0.4, -0.2) is 36.1 Å². The third-order valence-corrected chi connectivity index (χ3v) is 3.19. The number of hydrogen-bond donors (Lipinski definition) is 1. The number of carbonyl (C=O) groups is 2. The second-order valence-electron chi connectivity index (χ2n) is 4.97. The zero-order chi connectivity index (χ0) is 16.3. The number of nitro benzene ring substituents is 1. The van der Waals surface area contributed by atoms with Gasteiger partial charge in [0, 0.05) is 18.2 Å². The van der Waals surface area contributed by atoms with E-state index < -0.39 is 17.0 Å². The van der Waals surface area contributed by atoms with Gasteiger partial charge in [-0.25, -0.2) is 4.79 Å². The topological polar surface area (TPSA) is 108 Å². The molecule has 0 spiro atoms. The van der Waals surface area contributed by atoms with E-state index in [0.717, 1.165) is 18.9 Å². The normalized spacial score (nSPS) is 14.8. The Bertz CT molecular complexity index is 611. The fourth-order valence-corrected chi connectivity index (χ4v) is 1.79. The molecular weight excluding hydrogens is 292 g/mol. The molecule has 0 unspecified atom stereocenters. The van der Waals surface area contributed by atoms with Crippen molar-refractivity contribution in [2.75, 3.05) is 7.11 Å². The van der Waals surface area contributed by atoms with Crippen LogP contribution in [0.25, 0.3) is 0 Å². The lowest BCUT2D eigenvalue weighted by Gasteiger charge is -2.14. The highest BCUT2D eigenvalue weighted by Crippen LogP contribution is 2.25. The highest BCUT2D eigenvalue weighted by Gasteiger charge is 2.28. The monoisotopic (exact) mass is 308 g/mol. The number of nitrogens with one attached hydrogen (secondary N) is 1. The van der Waals surface area contributed by atoms with Crippen LogP contribution < -0.4 is 10.1 Å². The highest BCUT2D eigenvalue weighted by atomic mass is 16.6. The number of ether oxygens (including phenoxy) is 2. The Labute approximate surface area is 126 Å². The largest absolute Gasteiger partial charge is 0.496 e. The van der Waals surface area contributed by atoms with E-state index >= 15 is 0 Å². The smallest absolute Gasteiger partial charge is 0.342 e. The van der Waals surface area contributed by atoms with Crippen LogP contribution >= 0.6 is 0 Å². The molecule has 1 fully saturated rings.